The van der Waals surface area contributed by atoms with Gasteiger partial charge < -0.3 is 0 Å². The van der Waals surface area contributed by atoms with Gasteiger partial charge >= 0.3 is 0 Å². The Hall–Kier alpha value is -0.860. The van der Waals surface area contributed by atoms with Crippen LogP contribution in [0.2, 0.25) is 0 Å². The summed E-state index contributed by atoms with van der Waals surface area (Å²) in [5, 5.41) is 0. The third kappa shape index (κ3) is 1.35. The molecule has 0 aromatic heterocycles. The maximum Gasteiger partial charge on any atom is 0.0262 e. The molecule has 1 aliphatic rings. The van der Waals surface area contributed by atoms with E-state index < -0.39 is 0 Å². The molecule has 0 atom stereocenters. The minimum Gasteiger partial charge on any atom is -0.0877 e. The lowest BCUT2D eigenvalue weighted by Crippen LogP contribution is -1.87. The van der Waals surface area contributed by atoms with Gasteiger partial charge in [-0.2, -0.15) is 0 Å². The SMILES string of the molecule is [3HH].c1ccc2c(c1)Sc1ccccc1S2. The highest BCUT2D eigenvalue weighted by molar-refractivity contribution is 8.05. The Bertz CT molecular complexity index is 395. The highest BCUT2D eigenvalue weighted by Gasteiger charge is 2.14. The normalized spacial score (nSPS) is 13.1. The Balaban J connectivity index is 0.000000853. The Kier molecular flexibility index (Phi) is 2.03. The number of hydrogen-bond acceptors (Lipinski definition) is 2. The summed E-state index contributed by atoms with van der Waals surface area (Å²) < 4.78 is 0. The average Bonchev–Trinajstić information content (AvgIpc) is 2.26. The molecule has 70 valence electrons. The first-order valence-corrected chi connectivity index (χ1v) is 6.10. The minimum absolute atomic E-state index is 0. The molecule has 0 N–H and O–H groups in total. The monoisotopic (exact) mass is 220 g/mol. The van der Waals surface area contributed by atoms with Gasteiger partial charge in [-0.3, -0.25) is 0 Å². The fourth-order valence-electron chi connectivity index (χ4n) is 1.47. The molecule has 0 fully saturated rings. The van der Waals surface area contributed by atoms with Crippen LogP contribution in [0.15, 0.2) is 68.1 Å². The van der Waals surface area contributed by atoms with Gasteiger partial charge in [0.2, 0.25) is 0 Å². The summed E-state index contributed by atoms with van der Waals surface area (Å²) >= 11 is 3.72. The molecular weight excluding hydrogens is 208 g/mol. The minimum atomic E-state index is 0. The van der Waals surface area contributed by atoms with Crippen molar-refractivity contribution in [2.45, 2.75) is 19.6 Å². The molecular formula is C12H10S2. The van der Waals surface area contributed by atoms with Crippen molar-refractivity contribution in [2.75, 3.05) is 0 Å². The predicted octanol–water partition coefficient (Wildman–Crippen LogP) is 4.55. The summed E-state index contributed by atoms with van der Waals surface area (Å²) in [4.78, 5) is 5.49. The van der Waals surface area contributed by atoms with E-state index in [0.717, 1.165) is 0 Å². The molecule has 0 saturated heterocycles. The van der Waals surface area contributed by atoms with Gasteiger partial charge in [-0.15, -0.1) is 0 Å². The summed E-state index contributed by atoms with van der Waals surface area (Å²) in [7, 11) is 0. The molecule has 0 bridgehead atoms. The van der Waals surface area contributed by atoms with Gasteiger partial charge in [0.05, 0.1) is 0 Å². The van der Waals surface area contributed by atoms with E-state index in [-0.39, 0.29) is 1.43 Å². The lowest BCUT2D eigenvalue weighted by molar-refractivity contribution is 1.16. The molecule has 2 aromatic rings. The second kappa shape index (κ2) is 3.37. The van der Waals surface area contributed by atoms with Crippen molar-refractivity contribution in [3.63, 3.8) is 0 Å². The topological polar surface area (TPSA) is 0 Å². The lowest BCUT2D eigenvalue weighted by atomic mass is 10.3. The van der Waals surface area contributed by atoms with E-state index in [0.29, 0.717) is 0 Å². The van der Waals surface area contributed by atoms with Crippen LogP contribution < -0.4 is 0 Å². The van der Waals surface area contributed by atoms with E-state index in [9.17, 15) is 0 Å². The van der Waals surface area contributed by atoms with Crippen LogP contribution in [0.3, 0.4) is 0 Å². The van der Waals surface area contributed by atoms with Crippen molar-refractivity contribution in [1.82, 2.24) is 0 Å². The van der Waals surface area contributed by atoms with Crippen molar-refractivity contribution in [1.29, 1.82) is 0 Å². The highest BCUT2D eigenvalue weighted by atomic mass is 32.2. The van der Waals surface area contributed by atoms with Gasteiger partial charge in [-0.25, -0.2) is 0 Å². The van der Waals surface area contributed by atoms with E-state index in [1.807, 2.05) is 23.5 Å². The Morgan fingerprint density at radius 1 is 0.571 bits per heavy atom. The molecule has 3 rings (SSSR count). The molecule has 1 aliphatic heterocycles. The van der Waals surface area contributed by atoms with Gasteiger partial charge in [0, 0.05) is 21.0 Å². The molecule has 0 amide bonds. The highest BCUT2D eigenvalue weighted by Crippen LogP contribution is 2.47. The maximum absolute atomic E-state index is 2.18. The lowest BCUT2D eigenvalue weighted by Gasteiger charge is -2.17. The second-order valence-corrected chi connectivity index (χ2v) is 5.27. The van der Waals surface area contributed by atoms with Gasteiger partial charge in [0.15, 0.2) is 0 Å². The van der Waals surface area contributed by atoms with Crippen LogP contribution in [0.25, 0.3) is 0 Å². The van der Waals surface area contributed by atoms with Gasteiger partial charge in [0.25, 0.3) is 0 Å². The second-order valence-electron chi connectivity index (χ2n) is 3.10. The first kappa shape index (κ1) is 8.45. The molecule has 0 unspecified atom stereocenters. The average molecular weight is 220 g/mol. The fourth-order valence-corrected chi connectivity index (χ4v) is 3.71. The molecule has 0 nitrogen and oxygen atoms in total. The van der Waals surface area contributed by atoms with Crippen molar-refractivity contribution < 1.29 is 1.43 Å². The Labute approximate surface area is 93.2 Å². The maximum atomic E-state index is 2.18. The van der Waals surface area contributed by atoms with Crippen molar-refractivity contribution in [2.24, 2.45) is 0 Å². The van der Waals surface area contributed by atoms with Crippen molar-refractivity contribution in [3.05, 3.63) is 48.5 Å². The number of rotatable bonds is 0. The summed E-state index contributed by atoms with van der Waals surface area (Å²) in [6, 6.07) is 17.1. The van der Waals surface area contributed by atoms with Crippen LogP contribution in [0.1, 0.15) is 1.43 Å². The smallest absolute Gasteiger partial charge is 0.0262 e. The third-order valence-electron chi connectivity index (χ3n) is 2.14. The standard InChI is InChI=1S/C12H8S2.H2/c1-2-6-10-9(5-1)13-11-7-3-4-8-12(11)14-10;/h1-8H;1H/i;1+2. The van der Waals surface area contributed by atoms with Gasteiger partial charge in [-0.1, -0.05) is 47.8 Å². The van der Waals surface area contributed by atoms with Crippen LogP contribution >= 0.6 is 23.5 Å². The van der Waals surface area contributed by atoms with Crippen LogP contribution in [0, 0.1) is 0 Å². The number of benzene rings is 2. The van der Waals surface area contributed by atoms with Crippen molar-refractivity contribution in [3.8, 4) is 0 Å². The molecule has 14 heavy (non-hydrogen) atoms. The largest absolute Gasteiger partial charge is 0.0877 e. The van der Waals surface area contributed by atoms with E-state index in [1.165, 1.54) is 19.6 Å². The zero-order valence-electron chi connectivity index (χ0n) is 7.44. The van der Waals surface area contributed by atoms with Crippen LogP contribution in [0.4, 0.5) is 0 Å². The van der Waals surface area contributed by atoms with Crippen LogP contribution in [0.5, 0.6) is 0 Å². The summed E-state index contributed by atoms with van der Waals surface area (Å²) in [6.45, 7) is 0. The van der Waals surface area contributed by atoms with E-state index >= 15 is 0 Å². The quantitative estimate of drug-likeness (QED) is 0.545. The van der Waals surface area contributed by atoms with Gasteiger partial charge in [0.1, 0.15) is 0 Å². The number of hydrogen-bond donors (Lipinski definition) is 0. The molecule has 0 spiro atoms. The summed E-state index contributed by atoms with van der Waals surface area (Å²) in [5.74, 6) is 0. The molecule has 0 saturated carbocycles. The van der Waals surface area contributed by atoms with Gasteiger partial charge in [-0.05, 0) is 24.3 Å². The van der Waals surface area contributed by atoms with E-state index in [4.69, 9.17) is 0 Å². The first-order valence-electron chi connectivity index (χ1n) is 4.47. The molecule has 1 heterocycles. The van der Waals surface area contributed by atoms with Crippen LogP contribution in [-0.4, -0.2) is 0 Å². The van der Waals surface area contributed by atoms with E-state index in [2.05, 4.69) is 48.5 Å². The fraction of sp³-hybridized carbons (Fsp3) is 0. The van der Waals surface area contributed by atoms with Crippen molar-refractivity contribution >= 4 is 23.5 Å². The Morgan fingerprint density at radius 2 is 0.857 bits per heavy atom. The molecule has 0 radical (unpaired) electrons. The van der Waals surface area contributed by atoms with Crippen LogP contribution in [-0.2, 0) is 0 Å². The zero-order chi connectivity index (χ0) is 9.38. The molecule has 2 aromatic carbocycles. The predicted molar refractivity (Wildman–Crippen MR) is 63.2 cm³/mol. The Morgan fingerprint density at radius 3 is 1.14 bits per heavy atom. The molecule has 2 heteroatoms. The number of fused-ring (bicyclic) bond motifs is 2. The molecule has 0 aliphatic carbocycles. The van der Waals surface area contributed by atoms with E-state index in [1.54, 1.807) is 0 Å². The summed E-state index contributed by atoms with van der Waals surface area (Å²) in [5.41, 5.74) is 0. The summed E-state index contributed by atoms with van der Waals surface area (Å²) in [6.07, 6.45) is 0. The zero-order valence-corrected chi connectivity index (χ0v) is 9.07. The first-order chi connectivity index (χ1) is 6.93. The third-order valence-corrected chi connectivity index (χ3v) is 4.70.